The number of nitrogens with zero attached hydrogens (tertiary/aromatic N) is 2. The second-order valence-corrected chi connectivity index (χ2v) is 7.10. The number of ether oxygens (including phenoxy) is 3. The first-order valence-electron chi connectivity index (χ1n) is 10.1. The molecule has 3 aromatic carbocycles. The van der Waals surface area contributed by atoms with Gasteiger partial charge in [-0.05, 0) is 54.1 Å². The molecule has 0 radical (unpaired) electrons. The van der Waals surface area contributed by atoms with E-state index in [9.17, 15) is 0 Å². The second kappa shape index (κ2) is 10.2. The van der Waals surface area contributed by atoms with Crippen molar-refractivity contribution in [2.45, 2.75) is 13.2 Å². The lowest BCUT2D eigenvalue weighted by Gasteiger charge is -2.10. The van der Waals surface area contributed by atoms with Crippen LogP contribution in [0.1, 0.15) is 11.3 Å². The van der Waals surface area contributed by atoms with Gasteiger partial charge >= 0.3 is 0 Å². The molecule has 1 heterocycles. The lowest BCUT2D eigenvalue weighted by molar-refractivity contribution is 0.294. The van der Waals surface area contributed by atoms with Crippen LogP contribution in [0.5, 0.6) is 17.2 Å². The number of aromatic nitrogens is 1. The van der Waals surface area contributed by atoms with E-state index in [0.29, 0.717) is 19.0 Å². The van der Waals surface area contributed by atoms with Gasteiger partial charge in [0.2, 0.25) is 0 Å². The van der Waals surface area contributed by atoms with Gasteiger partial charge in [-0.3, -0.25) is 0 Å². The summed E-state index contributed by atoms with van der Waals surface area (Å²) in [7, 11) is 0. The average Bonchev–Trinajstić information content (AvgIpc) is 2.85. The van der Waals surface area contributed by atoms with Gasteiger partial charge in [-0.2, -0.15) is 5.10 Å². The predicted octanol–water partition coefficient (Wildman–Crippen LogP) is 4.00. The highest BCUT2D eigenvalue weighted by atomic mass is 16.5. The summed E-state index contributed by atoms with van der Waals surface area (Å²) < 4.78 is 17.3. The van der Waals surface area contributed by atoms with Crippen LogP contribution in [0.15, 0.2) is 90.0 Å². The normalized spacial score (nSPS) is 11.3. The van der Waals surface area contributed by atoms with Gasteiger partial charge in [-0.25, -0.2) is 4.98 Å². The molecule has 0 fully saturated rings. The van der Waals surface area contributed by atoms with Crippen molar-refractivity contribution in [1.82, 2.24) is 4.98 Å². The average molecular weight is 428 g/mol. The molecule has 0 saturated heterocycles. The summed E-state index contributed by atoms with van der Waals surface area (Å²) in [6, 6.07) is 27.1. The fourth-order valence-corrected chi connectivity index (χ4v) is 3.06. The number of para-hydroxylation sites is 1. The van der Waals surface area contributed by atoms with Crippen molar-refractivity contribution in [3.8, 4) is 17.2 Å². The maximum absolute atomic E-state index is 5.87. The van der Waals surface area contributed by atoms with E-state index in [1.54, 1.807) is 0 Å². The van der Waals surface area contributed by atoms with E-state index in [4.69, 9.17) is 25.8 Å². The van der Waals surface area contributed by atoms with Crippen molar-refractivity contribution in [2.24, 2.45) is 16.7 Å². The van der Waals surface area contributed by atoms with E-state index in [1.165, 1.54) is 0 Å². The largest absolute Gasteiger partial charge is 0.489 e. The van der Waals surface area contributed by atoms with Crippen molar-refractivity contribution in [3.63, 3.8) is 0 Å². The second-order valence-electron chi connectivity index (χ2n) is 7.10. The van der Waals surface area contributed by atoms with Crippen LogP contribution in [-0.2, 0) is 13.2 Å². The van der Waals surface area contributed by atoms with E-state index in [-0.39, 0.29) is 12.4 Å². The van der Waals surface area contributed by atoms with Crippen LogP contribution in [0.3, 0.4) is 0 Å². The van der Waals surface area contributed by atoms with Crippen LogP contribution in [-0.4, -0.2) is 17.4 Å². The molecule has 1 aromatic heterocycles. The van der Waals surface area contributed by atoms with Crippen LogP contribution in [0.2, 0.25) is 0 Å². The number of hydrazone groups is 1. The maximum atomic E-state index is 5.87. The third kappa shape index (κ3) is 5.66. The zero-order chi connectivity index (χ0) is 22.2. The van der Waals surface area contributed by atoms with Crippen LogP contribution < -0.4 is 25.8 Å². The van der Waals surface area contributed by atoms with E-state index in [0.717, 1.165) is 33.7 Å². The number of nitrogens with two attached hydrogens (primary N) is 2. The molecule has 0 aliphatic heterocycles. The minimum absolute atomic E-state index is 0.136. The molecule has 0 bridgehead atoms. The summed E-state index contributed by atoms with van der Waals surface area (Å²) in [5.41, 5.74) is 8.35. The standard InChI is InChI=1S/C25H24N4O3/c26-25(29-27)17-32-23-6-3-4-18(14-23)15-30-21-10-12-22(13-11-21)31-16-20-9-8-19-5-1-2-7-24(19)28-20/h1-14H,15-17,27H2,(H2,26,29). The Morgan fingerprint density at radius 1 is 0.750 bits per heavy atom. The van der Waals surface area contributed by atoms with Crippen molar-refractivity contribution >= 4 is 16.7 Å². The first-order chi connectivity index (χ1) is 15.7. The highest BCUT2D eigenvalue weighted by Gasteiger charge is 2.03. The smallest absolute Gasteiger partial charge is 0.157 e. The molecule has 162 valence electrons. The van der Waals surface area contributed by atoms with E-state index in [1.807, 2.05) is 78.9 Å². The topological polar surface area (TPSA) is 105 Å². The molecule has 4 rings (SSSR count). The van der Waals surface area contributed by atoms with E-state index < -0.39 is 0 Å². The number of fused-ring (bicyclic) bond motifs is 1. The van der Waals surface area contributed by atoms with Crippen molar-refractivity contribution in [1.29, 1.82) is 0 Å². The van der Waals surface area contributed by atoms with Crippen molar-refractivity contribution in [3.05, 3.63) is 96.2 Å². The van der Waals surface area contributed by atoms with Gasteiger partial charge in [0, 0.05) is 5.39 Å². The Hall–Kier alpha value is -4.26. The Labute approximate surface area is 186 Å². The lowest BCUT2D eigenvalue weighted by Crippen LogP contribution is -2.22. The summed E-state index contributed by atoms with van der Waals surface area (Å²) in [5.74, 6) is 7.50. The van der Waals surface area contributed by atoms with E-state index >= 15 is 0 Å². The molecule has 0 unspecified atom stereocenters. The molecular formula is C25H24N4O3. The summed E-state index contributed by atoms with van der Waals surface area (Å²) >= 11 is 0. The molecule has 0 aliphatic carbocycles. The van der Waals surface area contributed by atoms with Crippen LogP contribution in [0.25, 0.3) is 10.9 Å². The van der Waals surface area contributed by atoms with Crippen LogP contribution in [0, 0.1) is 0 Å². The zero-order valence-electron chi connectivity index (χ0n) is 17.5. The first kappa shape index (κ1) is 21.0. The Kier molecular flexibility index (Phi) is 6.67. The number of amidine groups is 1. The number of hydrogen-bond acceptors (Lipinski definition) is 6. The SMILES string of the molecule is N/N=C(\N)COc1cccc(COc2ccc(OCc3ccc4ccccc4n3)cc2)c1. The molecule has 0 atom stereocenters. The summed E-state index contributed by atoms with van der Waals surface area (Å²) in [4.78, 5) is 4.63. The summed E-state index contributed by atoms with van der Waals surface area (Å²) in [5, 5.41) is 4.50. The van der Waals surface area contributed by atoms with Crippen molar-refractivity contribution in [2.75, 3.05) is 6.61 Å². The number of benzene rings is 3. The van der Waals surface area contributed by atoms with E-state index in [2.05, 4.69) is 16.2 Å². The zero-order valence-corrected chi connectivity index (χ0v) is 17.5. The van der Waals surface area contributed by atoms with Gasteiger partial charge in [-0.1, -0.05) is 36.4 Å². The lowest BCUT2D eigenvalue weighted by atomic mass is 10.2. The molecule has 7 heteroatoms. The molecule has 7 nitrogen and oxygen atoms in total. The Bertz CT molecular complexity index is 1210. The molecule has 0 aliphatic rings. The molecule has 0 amide bonds. The third-order valence-electron chi connectivity index (χ3n) is 4.72. The minimum atomic E-state index is 0.136. The predicted molar refractivity (Wildman–Crippen MR) is 125 cm³/mol. The maximum Gasteiger partial charge on any atom is 0.157 e. The quantitative estimate of drug-likeness (QED) is 0.181. The van der Waals surface area contributed by atoms with Gasteiger partial charge in [0.25, 0.3) is 0 Å². The van der Waals surface area contributed by atoms with Gasteiger partial charge in [0.15, 0.2) is 5.84 Å². The number of hydrogen-bond donors (Lipinski definition) is 2. The van der Waals surface area contributed by atoms with Crippen molar-refractivity contribution < 1.29 is 14.2 Å². The summed E-state index contributed by atoms with van der Waals surface area (Å²) in [6.45, 7) is 0.938. The van der Waals surface area contributed by atoms with Crippen LogP contribution >= 0.6 is 0 Å². The number of pyridine rings is 1. The Morgan fingerprint density at radius 2 is 1.50 bits per heavy atom. The third-order valence-corrected chi connectivity index (χ3v) is 4.72. The highest BCUT2D eigenvalue weighted by molar-refractivity contribution is 5.81. The fraction of sp³-hybridized carbons (Fsp3) is 0.120. The van der Waals surface area contributed by atoms with Gasteiger partial charge in [0.1, 0.15) is 37.1 Å². The fourth-order valence-electron chi connectivity index (χ4n) is 3.06. The molecule has 4 N–H and O–H groups in total. The summed E-state index contributed by atoms with van der Waals surface area (Å²) in [6.07, 6.45) is 0. The molecule has 0 spiro atoms. The molecular weight excluding hydrogens is 404 g/mol. The van der Waals surface area contributed by atoms with Crippen LogP contribution in [0.4, 0.5) is 0 Å². The van der Waals surface area contributed by atoms with Gasteiger partial charge < -0.3 is 25.8 Å². The Balaban J connectivity index is 1.29. The molecule has 4 aromatic rings. The molecule has 0 saturated carbocycles. The first-order valence-corrected chi connectivity index (χ1v) is 10.1. The monoisotopic (exact) mass is 428 g/mol. The van der Waals surface area contributed by atoms with Gasteiger partial charge in [-0.15, -0.1) is 0 Å². The number of rotatable bonds is 9. The minimum Gasteiger partial charge on any atom is -0.489 e. The molecule has 32 heavy (non-hydrogen) atoms. The van der Waals surface area contributed by atoms with Gasteiger partial charge in [0.05, 0.1) is 11.2 Å². The highest BCUT2D eigenvalue weighted by Crippen LogP contribution is 2.21. The Morgan fingerprint density at radius 3 is 2.28 bits per heavy atom.